The van der Waals surface area contributed by atoms with Crippen molar-refractivity contribution in [2.75, 3.05) is 51.3 Å². The largest absolute Gasteiger partial charge is 0.462 e. The number of likely N-dealkylation sites (N-methyl/N-ethyl adjacent to an activating group) is 1. The molecule has 0 N–H and O–H groups in total. The SMILES string of the molecule is [C-]#[N+]C[C@H]1CN(c2nc(OC[C@@H]3CCCN3C)nc3c(F)c(-c4cccc5ccsc45)ccc23)CCN1C(=O)C(=C)F. The highest BCUT2D eigenvalue weighted by atomic mass is 32.1. The van der Waals surface area contributed by atoms with E-state index in [2.05, 4.69) is 28.4 Å². The number of anilines is 1. The fraction of sp³-hybridized carbons (Fsp3) is 0.355. The molecule has 6 rings (SSSR count). The number of rotatable bonds is 7. The van der Waals surface area contributed by atoms with Crippen molar-refractivity contribution in [3.63, 3.8) is 0 Å². The zero-order valence-electron chi connectivity index (χ0n) is 23.2. The molecular formula is C31H30F2N6O2S. The van der Waals surface area contributed by atoms with E-state index in [0.29, 0.717) is 29.9 Å². The van der Waals surface area contributed by atoms with E-state index >= 15 is 4.39 Å². The third-order valence-corrected chi connectivity index (χ3v) is 9.15. The van der Waals surface area contributed by atoms with E-state index in [4.69, 9.17) is 16.3 Å². The van der Waals surface area contributed by atoms with Crippen LogP contribution in [-0.2, 0) is 4.79 Å². The van der Waals surface area contributed by atoms with Gasteiger partial charge < -0.3 is 24.3 Å². The maximum Gasteiger partial charge on any atom is 0.319 e. The second-order valence-corrected chi connectivity index (χ2v) is 11.6. The van der Waals surface area contributed by atoms with Crippen LogP contribution >= 0.6 is 11.3 Å². The summed E-state index contributed by atoms with van der Waals surface area (Å²) in [6.07, 6.45) is 2.08. The van der Waals surface area contributed by atoms with Crippen LogP contribution in [0.5, 0.6) is 6.01 Å². The highest BCUT2D eigenvalue weighted by Gasteiger charge is 2.35. The lowest BCUT2D eigenvalue weighted by atomic mass is 10.0. The van der Waals surface area contributed by atoms with Crippen molar-refractivity contribution in [1.29, 1.82) is 0 Å². The Kier molecular flexibility index (Phi) is 7.75. The number of hydrogen-bond donors (Lipinski definition) is 0. The Balaban J connectivity index is 1.43. The molecule has 2 saturated heterocycles. The number of piperazine rings is 1. The van der Waals surface area contributed by atoms with Crippen LogP contribution in [0.3, 0.4) is 0 Å². The van der Waals surface area contributed by atoms with E-state index in [-0.39, 0.29) is 37.2 Å². The van der Waals surface area contributed by atoms with Gasteiger partial charge in [0.05, 0.1) is 0 Å². The van der Waals surface area contributed by atoms with Gasteiger partial charge in [0.2, 0.25) is 6.54 Å². The first-order valence-corrected chi connectivity index (χ1v) is 14.8. The minimum absolute atomic E-state index is 0.0146. The smallest absolute Gasteiger partial charge is 0.319 e. The summed E-state index contributed by atoms with van der Waals surface area (Å²) < 4.78 is 37.3. The van der Waals surface area contributed by atoms with Crippen LogP contribution in [0.25, 0.3) is 37.0 Å². The molecule has 8 nitrogen and oxygen atoms in total. The van der Waals surface area contributed by atoms with E-state index in [0.717, 1.165) is 35.0 Å². The summed E-state index contributed by atoms with van der Waals surface area (Å²) in [6.45, 7) is 12.6. The Morgan fingerprint density at radius 2 is 2.02 bits per heavy atom. The van der Waals surface area contributed by atoms with Gasteiger partial charge in [-0.05, 0) is 49.3 Å². The fourth-order valence-electron chi connectivity index (χ4n) is 5.94. The van der Waals surface area contributed by atoms with Gasteiger partial charge in [-0.1, -0.05) is 30.8 Å². The van der Waals surface area contributed by atoms with Crippen LogP contribution in [0.4, 0.5) is 14.6 Å². The standard InChI is InChI=1S/C31H30F2N6O2S/c1-19(32)30(40)39-14-13-38(17-22(39)16-34-2)29-25-10-9-23(24-8-4-6-20-11-15-42-28(20)24)26(33)27(25)35-31(36-29)41-18-21-7-5-12-37(21)3/h4,6,8-11,15,21-22H,1,5,7,12-14,16-18H2,3H3/t21-,22-/m0/s1. The maximum atomic E-state index is 16.5. The molecule has 4 heterocycles. The van der Waals surface area contributed by atoms with E-state index in [1.807, 2.05) is 40.6 Å². The second-order valence-electron chi connectivity index (χ2n) is 10.7. The molecule has 216 valence electrons. The summed E-state index contributed by atoms with van der Waals surface area (Å²) in [5.41, 5.74) is 1.36. The molecule has 11 heteroatoms. The average molecular weight is 589 g/mol. The molecule has 2 fully saturated rings. The zero-order chi connectivity index (χ0) is 29.4. The molecule has 0 unspecified atom stereocenters. The van der Waals surface area contributed by atoms with E-state index in [1.165, 1.54) is 4.90 Å². The van der Waals surface area contributed by atoms with Gasteiger partial charge in [-0.25, -0.2) is 15.4 Å². The molecule has 0 bridgehead atoms. The molecule has 42 heavy (non-hydrogen) atoms. The molecule has 0 radical (unpaired) electrons. The van der Waals surface area contributed by atoms with Crippen LogP contribution in [0.15, 0.2) is 54.2 Å². The fourth-order valence-corrected chi connectivity index (χ4v) is 6.87. The minimum atomic E-state index is -1.06. The van der Waals surface area contributed by atoms with E-state index in [9.17, 15) is 9.18 Å². The molecule has 2 aliphatic rings. The molecule has 2 atom stereocenters. The van der Waals surface area contributed by atoms with Gasteiger partial charge in [-0.2, -0.15) is 9.97 Å². The summed E-state index contributed by atoms with van der Waals surface area (Å²) in [5.74, 6) is -1.90. The average Bonchev–Trinajstić information content (AvgIpc) is 3.64. The summed E-state index contributed by atoms with van der Waals surface area (Å²) in [5, 5.41) is 3.53. The van der Waals surface area contributed by atoms with Crippen LogP contribution in [-0.4, -0.2) is 84.1 Å². The predicted octanol–water partition coefficient (Wildman–Crippen LogP) is 5.54. The first-order chi connectivity index (χ1) is 20.4. The van der Waals surface area contributed by atoms with Crippen molar-refractivity contribution >= 4 is 44.1 Å². The van der Waals surface area contributed by atoms with Crippen LogP contribution < -0.4 is 9.64 Å². The molecule has 4 aromatic rings. The number of aromatic nitrogens is 2. The van der Waals surface area contributed by atoms with Crippen molar-refractivity contribution in [1.82, 2.24) is 19.8 Å². The molecule has 0 spiro atoms. The topological polar surface area (TPSA) is 66.2 Å². The van der Waals surface area contributed by atoms with Gasteiger partial charge in [0, 0.05) is 46.9 Å². The highest BCUT2D eigenvalue weighted by molar-refractivity contribution is 7.17. The summed E-state index contributed by atoms with van der Waals surface area (Å²) >= 11 is 1.56. The first-order valence-electron chi connectivity index (χ1n) is 13.9. The van der Waals surface area contributed by atoms with Crippen LogP contribution in [0.1, 0.15) is 12.8 Å². The van der Waals surface area contributed by atoms with Crippen molar-refractivity contribution in [2.24, 2.45) is 0 Å². The van der Waals surface area contributed by atoms with E-state index < -0.39 is 23.6 Å². The number of thiophene rings is 1. The Labute approximate surface area is 246 Å². The predicted molar refractivity (Wildman–Crippen MR) is 161 cm³/mol. The van der Waals surface area contributed by atoms with Gasteiger partial charge in [-0.15, -0.1) is 11.3 Å². The van der Waals surface area contributed by atoms with Crippen LogP contribution in [0, 0.1) is 12.4 Å². The zero-order valence-corrected chi connectivity index (χ0v) is 24.0. The molecular weight excluding hydrogens is 558 g/mol. The Hall–Kier alpha value is -4.14. The molecule has 0 saturated carbocycles. The highest BCUT2D eigenvalue weighted by Crippen LogP contribution is 2.38. The lowest BCUT2D eigenvalue weighted by Crippen LogP contribution is -2.56. The van der Waals surface area contributed by atoms with Crippen molar-refractivity contribution in [2.45, 2.75) is 24.9 Å². The first kappa shape index (κ1) is 28.0. The number of fused-ring (bicyclic) bond motifs is 2. The number of halogens is 2. The number of benzene rings is 2. The van der Waals surface area contributed by atoms with Gasteiger partial charge in [0.1, 0.15) is 24.0 Å². The molecule has 2 aliphatic heterocycles. The number of likely N-dealkylation sites (tertiary alicyclic amines) is 1. The van der Waals surface area contributed by atoms with Crippen LogP contribution in [0.2, 0.25) is 0 Å². The summed E-state index contributed by atoms with van der Waals surface area (Å²) in [7, 11) is 2.05. The molecule has 0 aliphatic carbocycles. The van der Waals surface area contributed by atoms with Gasteiger partial charge in [0.15, 0.2) is 11.6 Å². The van der Waals surface area contributed by atoms with Gasteiger partial charge in [-0.3, -0.25) is 4.79 Å². The molecule has 1 amide bonds. The summed E-state index contributed by atoms with van der Waals surface area (Å²) in [4.78, 5) is 30.7. The lowest BCUT2D eigenvalue weighted by Gasteiger charge is -2.39. The normalized spacial score (nSPS) is 19.4. The molecule has 2 aromatic carbocycles. The Bertz CT molecular complexity index is 1720. The number of carbonyl (C=O) groups is 1. The van der Waals surface area contributed by atoms with Gasteiger partial charge >= 0.3 is 6.01 Å². The molecule has 2 aromatic heterocycles. The Morgan fingerprint density at radius 1 is 1.17 bits per heavy atom. The second kappa shape index (κ2) is 11.6. The monoisotopic (exact) mass is 588 g/mol. The number of ether oxygens (including phenoxy) is 1. The van der Waals surface area contributed by atoms with Crippen molar-refractivity contribution < 1.29 is 18.3 Å². The summed E-state index contributed by atoms with van der Waals surface area (Å²) in [6, 6.07) is 11.1. The Morgan fingerprint density at radius 3 is 2.79 bits per heavy atom. The number of nitrogens with zero attached hydrogens (tertiary/aromatic N) is 6. The number of hydrogen-bond acceptors (Lipinski definition) is 7. The number of amides is 1. The van der Waals surface area contributed by atoms with Crippen molar-refractivity contribution in [3.05, 3.63) is 71.4 Å². The van der Waals surface area contributed by atoms with Crippen molar-refractivity contribution in [3.8, 4) is 17.1 Å². The number of carbonyl (C=O) groups excluding carboxylic acids is 1. The van der Waals surface area contributed by atoms with Gasteiger partial charge in [0.25, 0.3) is 5.91 Å². The lowest BCUT2D eigenvalue weighted by molar-refractivity contribution is -0.131. The van der Waals surface area contributed by atoms with E-state index in [1.54, 1.807) is 17.4 Å². The minimum Gasteiger partial charge on any atom is -0.462 e. The third-order valence-electron chi connectivity index (χ3n) is 8.19. The third kappa shape index (κ3) is 5.16. The maximum absolute atomic E-state index is 16.5. The quantitative estimate of drug-likeness (QED) is 0.209.